The van der Waals surface area contributed by atoms with Crippen LogP contribution in [0.2, 0.25) is 0 Å². The monoisotopic (exact) mass is 390 g/mol. The highest BCUT2D eigenvalue weighted by Gasteiger charge is 2.33. The number of aliphatic hydroxyl groups is 1. The van der Waals surface area contributed by atoms with Gasteiger partial charge in [0.05, 0.1) is 6.61 Å². The summed E-state index contributed by atoms with van der Waals surface area (Å²) in [6.45, 7) is 0.635. The maximum atomic E-state index is 10.9. The summed E-state index contributed by atoms with van der Waals surface area (Å²) in [6.07, 6.45) is 3.66. The van der Waals surface area contributed by atoms with Crippen molar-refractivity contribution in [2.45, 2.75) is 44.2 Å². The van der Waals surface area contributed by atoms with Crippen molar-refractivity contribution in [2.24, 2.45) is 17.6 Å². The fourth-order valence-corrected chi connectivity index (χ4v) is 4.67. The van der Waals surface area contributed by atoms with Crippen LogP contribution in [-0.2, 0) is 0 Å². The van der Waals surface area contributed by atoms with E-state index in [4.69, 9.17) is 15.6 Å². The van der Waals surface area contributed by atoms with Gasteiger partial charge < -0.3 is 20.7 Å². The van der Waals surface area contributed by atoms with Crippen molar-refractivity contribution in [1.29, 1.82) is 0 Å². The van der Waals surface area contributed by atoms with Gasteiger partial charge in [-0.2, -0.15) is 0 Å². The van der Waals surface area contributed by atoms with Crippen molar-refractivity contribution in [3.05, 3.63) is 46.4 Å². The predicted octanol–water partition coefficient (Wildman–Crippen LogP) is 3.48. The molecule has 2 aromatic rings. The Hall–Kier alpha value is -1.96. The number of hydrogen-bond donors (Lipinski definition) is 3. The molecule has 4 N–H and O–H groups in total. The fourth-order valence-electron chi connectivity index (χ4n) is 3.86. The summed E-state index contributed by atoms with van der Waals surface area (Å²) in [6, 6.07) is 9.93. The first kappa shape index (κ1) is 19.8. The molecule has 3 rings (SSSR count). The van der Waals surface area contributed by atoms with Gasteiger partial charge in [0, 0.05) is 11.4 Å². The molecule has 0 radical (unpaired) electrons. The van der Waals surface area contributed by atoms with E-state index < -0.39 is 12.1 Å². The Balaban J connectivity index is 1.48. The topological polar surface area (TPSA) is 106 Å². The van der Waals surface area contributed by atoms with E-state index in [1.807, 2.05) is 30.3 Å². The quantitative estimate of drug-likeness (QED) is 0.605. The molecular formula is C20H26N2O4S. The zero-order valence-corrected chi connectivity index (χ0v) is 16.0. The average Bonchev–Trinajstić information content (AvgIpc) is 3.29. The molecule has 1 saturated carbocycles. The van der Waals surface area contributed by atoms with Gasteiger partial charge in [-0.15, -0.1) is 11.3 Å². The van der Waals surface area contributed by atoms with Gasteiger partial charge in [-0.1, -0.05) is 18.2 Å². The maximum Gasteiger partial charge on any atom is 0.355 e. The van der Waals surface area contributed by atoms with Crippen LogP contribution in [0.15, 0.2) is 35.7 Å². The number of aliphatic hydroxyl groups excluding tert-OH is 1. The van der Waals surface area contributed by atoms with Gasteiger partial charge in [0.1, 0.15) is 16.9 Å². The summed E-state index contributed by atoms with van der Waals surface area (Å²) in [5.41, 5.74) is 6.30. The minimum Gasteiger partial charge on any atom is -0.494 e. The van der Waals surface area contributed by atoms with Crippen LogP contribution in [0.4, 0.5) is 0 Å². The molecule has 1 heterocycles. The third kappa shape index (κ3) is 5.28. The first-order chi connectivity index (χ1) is 13.0. The molecule has 27 heavy (non-hydrogen) atoms. The van der Waals surface area contributed by atoms with E-state index in [1.165, 1.54) is 16.7 Å². The van der Waals surface area contributed by atoms with E-state index >= 15 is 0 Å². The lowest BCUT2D eigenvalue weighted by Crippen LogP contribution is -2.29. The summed E-state index contributed by atoms with van der Waals surface area (Å²) in [5.74, 6) is 0.638. The average molecular weight is 391 g/mol. The standard InChI is InChI=1S/C20H26N2O4S/c21-16-8-6-13(15(16)10-11-26-14-4-2-1-3-5-14)7-9-18(23)19-22-17(12-27-19)20(24)25/h1-5,12-13,15-16,18,23H,6-11,21H2,(H,24,25)/t13-,15?,16-,18?/m1/s1. The second kappa shape index (κ2) is 9.30. The van der Waals surface area contributed by atoms with Gasteiger partial charge in [-0.25, -0.2) is 9.78 Å². The normalized spacial score (nSPS) is 23.3. The smallest absolute Gasteiger partial charge is 0.355 e. The fraction of sp³-hybridized carbons (Fsp3) is 0.500. The van der Waals surface area contributed by atoms with Gasteiger partial charge in [0.25, 0.3) is 0 Å². The van der Waals surface area contributed by atoms with Gasteiger partial charge in [0.2, 0.25) is 0 Å². The summed E-state index contributed by atoms with van der Waals surface area (Å²) in [4.78, 5) is 14.9. The number of ether oxygens (including phenoxy) is 1. The molecule has 0 aliphatic heterocycles. The zero-order chi connectivity index (χ0) is 19.2. The molecule has 7 heteroatoms. The van der Waals surface area contributed by atoms with Crippen molar-refractivity contribution >= 4 is 17.3 Å². The lowest BCUT2D eigenvalue weighted by Gasteiger charge is -2.23. The third-order valence-electron chi connectivity index (χ3n) is 5.33. The molecular weight excluding hydrogens is 364 g/mol. The lowest BCUT2D eigenvalue weighted by molar-refractivity contribution is 0.0690. The number of carbonyl (C=O) groups is 1. The second-order valence-electron chi connectivity index (χ2n) is 7.08. The molecule has 6 nitrogen and oxygen atoms in total. The summed E-state index contributed by atoms with van der Waals surface area (Å²) in [5, 5.41) is 21.2. The number of aromatic carboxylic acids is 1. The Morgan fingerprint density at radius 1 is 1.30 bits per heavy atom. The SMILES string of the molecule is N[C@@H]1CC[C@H](CCC(O)c2nc(C(=O)O)cs2)C1CCOc1ccccc1. The molecule has 1 aliphatic carbocycles. The summed E-state index contributed by atoms with van der Waals surface area (Å²) >= 11 is 1.19. The highest BCUT2D eigenvalue weighted by molar-refractivity contribution is 7.09. The Labute approximate surface area is 163 Å². The molecule has 146 valence electrons. The van der Waals surface area contributed by atoms with E-state index in [0.717, 1.165) is 31.4 Å². The molecule has 0 saturated heterocycles. The number of hydrogen-bond acceptors (Lipinski definition) is 6. The Morgan fingerprint density at radius 2 is 2.07 bits per heavy atom. The largest absolute Gasteiger partial charge is 0.494 e. The minimum absolute atomic E-state index is 0.00660. The number of carboxylic acids is 1. The van der Waals surface area contributed by atoms with Crippen molar-refractivity contribution in [3.8, 4) is 5.75 Å². The van der Waals surface area contributed by atoms with Crippen molar-refractivity contribution in [1.82, 2.24) is 4.98 Å². The van der Waals surface area contributed by atoms with Crippen molar-refractivity contribution in [3.63, 3.8) is 0 Å². The van der Waals surface area contributed by atoms with E-state index in [1.54, 1.807) is 0 Å². The number of nitrogens with zero attached hydrogens (tertiary/aromatic N) is 1. The highest BCUT2D eigenvalue weighted by atomic mass is 32.1. The number of carboxylic acid groups (broad SMARTS) is 1. The predicted molar refractivity (Wildman–Crippen MR) is 104 cm³/mol. The molecule has 4 atom stereocenters. The first-order valence-electron chi connectivity index (χ1n) is 9.35. The summed E-state index contributed by atoms with van der Waals surface area (Å²) < 4.78 is 5.82. The molecule has 0 amide bonds. The highest BCUT2D eigenvalue weighted by Crippen LogP contribution is 2.38. The number of para-hydroxylation sites is 1. The van der Waals surface area contributed by atoms with Crippen LogP contribution in [0.25, 0.3) is 0 Å². The Morgan fingerprint density at radius 3 is 2.78 bits per heavy atom. The van der Waals surface area contributed by atoms with E-state index in [0.29, 0.717) is 29.9 Å². The number of rotatable bonds is 9. The minimum atomic E-state index is -1.06. The van der Waals surface area contributed by atoms with Crippen molar-refractivity contribution in [2.75, 3.05) is 6.61 Å². The lowest BCUT2D eigenvalue weighted by atomic mass is 9.87. The van der Waals surface area contributed by atoms with Crippen LogP contribution in [0, 0.1) is 11.8 Å². The number of benzene rings is 1. The molecule has 0 bridgehead atoms. The van der Waals surface area contributed by atoms with Crippen LogP contribution < -0.4 is 10.5 Å². The number of nitrogens with two attached hydrogens (primary N) is 1. The van der Waals surface area contributed by atoms with E-state index in [9.17, 15) is 9.90 Å². The molecule has 0 spiro atoms. The first-order valence-corrected chi connectivity index (χ1v) is 10.2. The van der Waals surface area contributed by atoms with Crippen LogP contribution >= 0.6 is 11.3 Å². The molecule has 1 fully saturated rings. The third-order valence-corrected chi connectivity index (χ3v) is 6.27. The zero-order valence-electron chi connectivity index (χ0n) is 15.2. The summed E-state index contributed by atoms with van der Waals surface area (Å²) in [7, 11) is 0. The Kier molecular flexibility index (Phi) is 6.82. The Bertz CT molecular complexity index is 737. The molecule has 1 aliphatic rings. The van der Waals surface area contributed by atoms with Crippen LogP contribution in [0.1, 0.15) is 53.7 Å². The number of thiazole rings is 1. The van der Waals surface area contributed by atoms with Gasteiger partial charge >= 0.3 is 5.97 Å². The van der Waals surface area contributed by atoms with Gasteiger partial charge in [-0.05, 0) is 56.1 Å². The number of aromatic nitrogens is 1. The van der Waals surface area contributed by atoms with Crippen LogP contribution in [-0.4, -0.2) is 33.8 Å². The van der Waals surface area contributed by atoms with E-state index in [2.05, 4.69) is 4.98 Å². The van der Waals surface area contributed by atoms with Crippen LogP contribution in [0.3, 0.4) is 0 Å². The molecule has 1 aromatic carbocycles. The second-order valence-corrected chi connectivity index (χ2v) is 7.97. The maximum absolute atomic E-state index is 10.9. The van der Waals surface area contributed by atoms with E-state index in [-0.39, 0.29) is 11.7 Å². The van der Waals surface area contributed by atoms with Gasteiger partial charge in [-0.3, -0.25) is 0 Å². The molecule has 2 unspecified atom stereocenters. The van der Waals surface area contributed by atoms with Crippen LogP contribution in [0.5, 0.6) is 5.75 Å². The van der Waals surface area contributed by atoms with Crippen molar-refractivity contribution < 1.29 is 19.7 Å². The molecule has 1 aromatic heterocycles. The van der Waals surface area contributed by atoms with Gasteiger partial charge in [0.15, 0.2) is 5.69 Å².